The van der Waals surface area contributed by atoms with Crippen molar-refractivity contribution in [1.29, 1.82) is 0 Å². The summed E-state index contributed by atoms with van der Waals surface area (Å²) in [6, 6.07) is 13.5. The summed E-state index contributed by atoms with van der Waals surface area (Å²) in [5.41, 5.74) is 2.40. The van der Waals surface area contributed by atoms with E-state index in [4.69, 9.17) is 4.42 Å². The van der Waals surface area contributed by atoms with Crippen LogP contribution in [0, 0.1) is 19.7 Å². The largest absolute Gasteiger partial charge is 0.467 e. The van der Waals surface area contributed by atoms with Crippen LogP contribution >= 0.6 is 0 Å². The Labute approximate surface area is 214 Å². The fourth-order valence-corrected chi connectivity index (χ4v) is 3.97. The van der Waals surface area contributed by atoms with Crippen molar-refractivity contribution < 1.29 is 18.4 Å². The lowest BCUT2D eigenvalue weighted by atomic mass is 10.0. The van der Waals surface area contributed by atoms with Crippen molar-refractivity contribution in [2.24, 2.45) is 0 Å². The fourth-order valence-electron chi connectivity index (χ4n) is 3.97. The van der Waals surface area contributed by atoms with Crippen LogP contribution < -0.4 is 10.2 Å². The summed E-state index contributed by atoms with van der Waals surface area (Å²) in [6.07, 6.45) is 1.46. The van der Waals surface area contributed by atoms with Gasteiger partial charge in [-0.3, -0.25) is 14.5 Å². The highest BCUT2D eigenvalue weighted by Crippen LogP contribution is 2.32. The van der Waals surface area contributed by atoms with E-state index in [2.05, 4.69) is 20.7 Å². The van der Waals surface area contributed by atoms with Crippen molar-refractivity contribution in [2.75, 3.05) is 4.90 Å². The number of nitrogens with zero attached hydrogens (tertiary/aromatic N) is 5. The van der Waals surface area contributed by atoms with Gasteiger partial charge in [-0.25, -0.2) is 4.39 Å². The summed E-state index contributed by atoms with van der Waals surface area (Å²) in [6.45, 7) is 9.14. The van der Waals surface area contributed by atoms with Crippen LogP contribution in [0.4, 0.5) is 10.1 Å². The first-order valence-corrected chi connectivity index (χ1v) is 11.8. The maximum atomic E-state index is 13.9. The van der Waals surface area contributed by atoms with Gasteiger partial charge in [0, 0.05) is 16.8 Å². The van der Waals surface area contributed by atoms with Crippen LogP contribution in [0.3, 0.4) is 0 Å². The highest BCUT2D eigenvalue weighted by atomic mass is 19.1. The van der Waals surface area contributed by atoms with Gasteiger partial charge >= 0.3 is 0 Å². The molecule has 2 heterocycles. The van der Waals surface area contributed by atoms with E-state index in [0.29, 0.717) is 17.0 Å². The van der Waals surface area contributed by atoms with E-state index in [1.165, 1.54) is 35.4 Å². The first-order valence-electron chi connectivity index (χ1n) is 11.8. The van der Waals surface area contributed by atoms with Gasteiger partial charge in [0.05, 0.1) is 6.26 Å². The Bertz CT molecular complexity index is 1390. The van der Waals surface area contributed by atoms with Gasteiger partial charge in [-0.15, -0.1) is 10.2 Å². The molecule has 0 aliphatic carbocycles. The molecule has 10 heteroatoms. The van der Waals surface area contributed by atoms with Gasteiger partial charge in [-0.05, 0) is 87.9 Å². The number of hydrogen-bond acceptors (Lipinski definition) is 6. The van der Waals surface area contributed by atoms with Gasteiger partial charge in [0.15, 0.2) is 6.04 Å². The molecule has 1 N–H and O–H groups in total. The van der Waals surface area contributed by atoms with E-state index in [-0.39, 0.29) is 18.2 Å². The lowest BCUT2D eigenvalue weighted by molar-refractivity contribution is -0.128. The highest BCUT2D eigenvalue weighted by molar-refractivity contribution is 6.01. The minimum atomic E-state index is -1.08. The predicted molar refractivity (Wildman–Crippen MR) is 136 cm³/mol. The second-order valence-corrected chi connectivity index (χ2v) is 9.86. The van der Waals surface area contributed by atoms with Gasteiger partial charge in [0.1, 0.15) is 18.1 Å². The Morgan fingerprint density at radius 2 is 1.84 bits per heavy atom. The predicted octanol–water partition coefficient (Wildman–Crippen LogP) is 4.38. The Morgan fingerprint density at radius 3 is 2.46 bits per heavy atom. The van der Waals surface area contributed by atoms with Crippen molar-refractivity contribution in [3.63, 3.8) is 0 Å². The molecule has 9 nitrogen and oxygen atoms in total. The Balaban J connectivity index is 1.73. The lowest BCUT2D eigenvalue weighted by Gasteiger charge is -2.33. The average Bonchev–Trinajstić information content (AvgIpc) is 3.50. The van der Waals surface area contributed by atoms with Crippen LogP contribution in [0.15, 0.2) is 65.3 Å². The van der Waals surface area contributed by atoms with E-state index in [9.17, 15) is 14.0 Å². The first-order chi connectivity index (χ1) is 17.5. The molecule has 4 aromatic rings. The zero-order chi connectivity index (χ0) is 26.7. The van der Waals surface area contributed by atoms with Gasteiger partial charge in [-0.2, -0.15) is 4.80 Å². The summed E-state index contributed by atoms with van der Waals surface area (Å²) in [4.78, 5) is 30.0. The third-order valence-corrected chi connectivity index (χ3v) is 5.53. The standard InChI is InChI=1S/C27H29FN6O3/c1-17-8-13-21(18(2)15-17)34(24(22-7-6-14-37-22)26(36)29-27(3,4)5)23(35)16-33-31-25(30-32-33)19-9-11-20(28)12-10-19/h6-15,24H,16H2,1-5H3,(H,29,36)/t24-/m1/s1. The maximum absolute atomic E-state index is 13.9. The van der Waals surface area contributed by atoms with Crippen molar-refractivity contribution in [3.05, 3.63) is 83.6 Å². The summed E-state index contributed by atoms with van der Waals surface area (Å²) in [7, 11) is 0. The Morgan fingerprint density at radius 1 is 1.11 bits per heavy atom. The van der Waals surface area contributed by atoms with Crippen LogP contribution in [0.2, 0.25) is 0 Å². The van der Waals surface area contributed by atoms with Crippen LogP contribution in [0.5, 0.6) is 0 Å². The van der Waals surface area contributed by atoms with E-state index in [0.717, 1.165) is 15.9 Å². The molecular weight excluding hydrogens is 475 g/mol. The maximum Gasteiger partial charge on any atom is 0.251 e. The molecule has 0 unspecified atom stereocenters. The van der Waals surface area contributed by atoms with Crippen LogP contribution in [0.1, 0.15) is 43.7 Å². The molecule has 0 aliphatic rings. The molecule has 0 fully saturated rings. The van der Waals surface area contributed by atoms with Gasteiger partial charge < -0.3 is 9.73 Å². The summed E-state index contributed by atoms with van der Waals surface area (Å²) in [5, 5.41) is 15.3. The minimum absolute atomic E-state index is 0.249. The number of anilines is 1. The number of aromatic nitrogens is 4. The number of halogens is 1. The molecule has 2 aromatic carbocycles. The molecule has 1 atom stereocenters. The normalized spacial score (nSPS) is 12.3. The average molecular weight is 505 g/mol. The number of amides is 2. The number of tetrazole rings is 1. The summed E-state index contributed by atoms with van der Waals surface area (Å²) < 4.78 is 18.9. The number of nitrogens with one attached hydrogen (secondary N) is 1. The monoisotopic (exact) mass is 504 g/mol. The molecular formula is C27H29FN6O3. The van der Waals surface area contributed by atoms with Gasteiger partial charge in [-0.1, -0.05) is 17.7 Å². The number of furan rings is 1. The molecule has 0 saturated carbocycles. The lowest BCUT2D eigenvalue weighted by Crippen LogP contribution is -2.50. The highest BCUT2D eigenvalue weighted by Gasteiger charge is 2.37. The Hall–Kier alpha value is -4.34. The van der Waals surface area contributed by atoms with E-state index >= 15 is 0 Å². The first kappa shape index (κ1) is 25.7. The third-order valence-electron chi connectivity index (χ3n) is 5.53. The van der Waals surface area contributed by atoms with Crippen molar-refractivity contribution in [1.82, 2.24) is 25.5 Å². The number of benzene rings is 2. The van der Waals surface area contributed by atoms with Crippen molar-refractivity contribution in [3.8, 4) is 11.4 Å². The van der Waals surface area contributed by atoms with E-state index in [1.54, 1.807) is 12.1 Å². The van der Waals surface area contributed by atoms with Gasteiger partial charge in [0.25, 0.3) is 11.8 Å². The molecule has 0 radical (unpaired) electrons. The van der Waals surface area contributed by atoms with Crippen LogP contribution in [-0.4, -0.2) is 37.6 Å². The number of rotatable bonds is 7. The number of aryl methyl sites for hydroxylation is 2. The second-order valence-electron chi connectivity index (χ2n) is 9.86. The SMILES string of the molecule is Cc1ccc(N(C(=O)Cn2nnc(-c3ccc(F)cc3)n2)[C@@H](C(=O)NC(C)(C)C)c2ccco2)c(C)c1. The third kappa shape index (κ3) is 6.08. The number of hydrogen-bond donors (Lipinski definition) is 1. The van der Waals surface area contributed by atoms with E-state index in [1.807, 2.05) is 52.8 Å². The fraction of sp³-hybridized carbons (Fsp3) is 0.296. The number of carbonyl (C=O) groups is 2. The number of carbonyl (C=O) groups excluding carboxylic acids is 2. The zero-order valence-corrected chi connectivity index (χ0v) is 21.4. The van der Waals surface area contributed by atoms with Crippen molar-refractivity contribution >= 4 is 17.5 Å². The Kier molecular flexibility index (Phi) is 7.19. The summed E-state index contributed by atoms with van der Waals surface area (Å²) in [5.74, 6) is -0.657. The van der Waals surface area contributed by atoms with Gasteiger partial charge in [0.2, 0.25) is 5.82 Å². The molecule has 0 bridgehead atoms. The van der Waals surface area contributed by atoms with Crippen LogP contribution in [0.25, 0.3) is 11.4 Å². The molecule has 192 valence electrons. The van der Waals surface area contributed by atoms with Crippen molar-refractivity contribution in [2.45, 2.75) is 52.7 Å². The molecule has 37 heavy (non-hydrogen) atoms. The minimum Gasteiger partial charge on any atom is -0.467 e. The molecule has 2 aromatic heterocycles. The van der Waals surface area contributed by atoms with E-state index < -0.39 is 23.4 Å². The summed E-state index contributed by atoms with van der Waals surface area (Å²) >= 11 is 0. The zero-order valence-electron chi connectivity index (χ0n) is 21.4. The molecule has 4 rings (SSSR count). The topological polar surface area (TPSA) is 106 Å². The quantitative estimate of drug-likeness (QED) is 0.400. The molecule has 0 saturated heterocycles. The molecule has 2 amide bonds. The molecule has 0 aliphatic heterocycles. The molecule has 0 spiro atoms. The second kappa shape index (κ2) is 10.3. The van der Waals surface area contributed by atoms with Crippen LogP contribution in [-0.2, 0) is 16.1 Å². The smallest absolute Gasteiger partial charge is 0.251 e.